The summed E-state index contributed by atoms with van der Waals surface area (Å²) in [5, 5.41) is 0. The van der Waals surface area contributed by atoms with Gasteiger partial charge in [0.2, 0.25) is 0 Å². The summed E-state index contributed by atoms with van der Waals surface area (Å²) in [7, 11) is -0.0418. The van der Waals surface area contributed by atoms with Crippen molar-refractivity contribution in [1.82, 2.24) is 0 Å². The predicted octanol–water partition coefficient (Wildman–Crippen LogP) is 4.01. The van der Waals surface area contributed by atoms with Gasteiger partial charge >= 0.3 is 0 Å². The second-order valence-electron chi connectivity index (χ2n) is 4.59. The molecule has 0 bridgehead atoms. The Hall–Kier alpha value is -1.60. The number of rotatable bonds is 6. The van der Waals surface area contributed by atoms with E-state index in [0.717, 1.165) is 0 Å². The molecule has 0 amide bonds. The number of allylic oxidation sites excluding steroid dienone is 1. The minimum Gasteiger partial charge on any atom is -0.103 e. The molecule has 0 heterocycles. The molecule has 2 aromatic carbocycles. The molecule has 0 atom stereocenters. The van der Waals surface area contributed by atoms with Gasteiger partial charge in [-0.2, -0.15) is 0 Å². The molecule has 0 fully saturated rings. The van der Waals surface area contributed by atoms with Gasteiger partial charge in [0.1, 0.15) is 0 Å². The standard InChI is InChI=1S/C17H20Si/c1-2-13-18-14-17(15-9-5-3-6-10-15)16-11-7-4-8-12-16/h2-12,17H,1,13-14,18H2. The lowest BCUT2D eigenvalue weighted by Crippen LogP contribution is -2.04. The Morgan fingerprint density at radius 1 is 0.889 bits per heavy atom. The molecule has 0 nitrogen and oxygen atoms in total. The first kappa shape index (κ1) is 12.8. The van der Waals surface area contributed by atoms with Crippen molar-refractivity contribution in [2.24, 2.45) is 0 Å². The van der Waals surface area contributed by atoms with Crippen LogP contribution in [-0.2, 0) is 0 Å². The third kappa shape index (κ3) is 3.44. The van der Waals surface area contributed by atoms with Gasteiger partial charge in [-0.1, -0.05) is 72.8 Å². The summed E-state index contributed by atoms with van der Waals surface area (Å²) < 4.78 is 0. The van der Waals surface area contributed by atoms with Gasteiger partial charge in [0.05, 0.1) is 0 Å². The average Bonchev–Trinajstić information content (AvgIpc) is 2.46. The van der Waals surface area contributed by atoms with Crippen molar-refractivity contribution in [3.05, 3.63) is 84.4 Å². The Bertz CT molecular complexity index is 422. The maximum absolute atomic E-state index is 3.84. The first-order valence-corrected chi connectivity index (χ1v) is 8.62. The second kappa shape index (κ2) is 6.97. The van der Waals surface area contributed by atoms with Crippen LogP contribution in [-0.4, -0.2) is 9.52 Å². The van der Waals surface area contributed by atoms with Crippen LogP contribution in [0.4, 0.5) is 0 Å². The van der Waals surface area contributed by atoms with Crippen LogP contribution in [0.15, 0.2) is 73.3 Å². The average molecular weight is 252 g/mol. The number of hydrogen-bond donors (Lipinski definition) is 0. The van der Waals surface area contributed by atoms with Crippen molar-refractivity contribution < 1.29 is 0 Å². The van der Waals surface area contributed by atoms with E-state index >= 15 is 0 Å². The van der Waals surface area contributed by atoms with Gasteiger partial charge in [-0.05, 0) is 17.2 Å². The Labute approximate surface area is 112 Å². The van der Waals surface area contributed by atoms with Gasteiger partial charge in [-0.3, -0.25) is 0 Å². The van der Waals surface area contributed by atoms with Crippen molar-refractivity contribution in [2.75, 3.05) is 0 Å². The number of hydrogen-bond acceptors (Lipinski definition) is 0. The zero-order chi connectivity index (χ0) is 12.6. The van der Waals surface area contributed by atoms with Crippen molar-refractivity contribution >= 4 is 9.52 Å². The van der Waals surface area contributed by atoms with Crippen LogP contribution in [0, 0.1) is 0 Å². The van der Waals surface area contributed by atoms with Crippen molar-refractivity contribution in [3.8, 4) is 0 Å². The first-order valence-electron chi connectivity index (χ1n) is 6.62. The molecular weight excluding hydrogens is 232 g/mol. The fourth-order valence-electron chi connectivity index (χ4n) is 2.36. The monoisotopic (exact) mass is 252 g/mol. The van der Waals surface area contributed by atoms with E-state index in [9.17, 15) is 0 Å². The van der Waals surface area contributed by atoms with Crippen LogP contribution in [0.5, 0.6) is 0 Å². The van der Waals surface area contributed by atoms with Gasteiger partial charge in [-0.15, -0.1) is 6.58 Å². The summed E-state index contributed by atoms with van der Waals surface area (Å²) in [6.45, 7) is 3.84. The smallest absolute Gasteiger partial charge is 0.0249 e. The molecule has 2 aromatic rings. The normalized spacial score (nSPS) is 11.2. The molecule has 0 aliphatic heterocycles. The Morgan fingerprint density at radius 2 is 1.39 bits per heavy atom. The zero-order valence-electron chi connectivity index (χ0n) is 10.8. The lowest BCUT2D eigenvalue weighted by Gasteiger charge is -2.17. The minimum atomic E-state index is -0.0418. The zero-order valence-corrected chi connectivity index (χ0v) is 12.2. The predicted molar refractivity (Wildman–Crippen MR) is 83.1 cm³/mol. The van der Waals surface area contributed by atoms with E-state index in [-0.39, 0.29) is 9.52 Å². The molecule has 0 unspecified atom stereocenters. The van der Waals surface area contributed by atoms with Gasteiger partial charge in [0.25, 0.3) is 0 Å². The van der Waals surface area contributed by atoms with Gasteiger partial charge in [-0.25, -0.2) is 0 Å². The number of benzene rings is 2. The van der Waals surface area contributed by atoms with Crippen LogP contribution in [0.25, 0.3) is 0 Å². The van der Waals surface area contributed by atoms with Gasteiger partial charge < -0.3 is 0 Å². The van der Waals surface area contributed by atoms with Crippen LogP contribution in [0.1, 0.15) is 17.0 Å². The van der Waals surface area contributed by atoms with E-state index in [0.29, 0.717) is 5.92 Å². The van der Waals surface area contributed by atoms with E-state index in [1.54, 1.807) is 0 Å². The summed E-state index contributed by atoms with van der Waals surface area (Å²) in [5.41, 5.74) is 2.89. The lowest BCUT2D eigenvalue weighted by atomic mass is 9.93. The molecule has 1 heteroatoms. The van der Waals surface area contributed by atoms with Crippen molar-refractivity contribution in [1.29, 1.82) is 0 Å². The van der Waals surface area contributed by atoms with E-state index in [1.807, 2.05) is 0 Å². The van der Waals surface area contributed by atoms with Crippen molar-refractivity contribution in [2.45, 2.75) is 18.0 Å². The highest BCUT2D eigenvalue weighted by molar-refractivity contribution is 6.36. The molecule has 0 spiro atoms. The topological polar surface area (TPSA) is 0 Å². The Balaban J connectivity index is 2.21. The molecule has 0 aromatic heterocycles. The van der Waals surface area contributed by atoms with Gasteiger partial charge in [0.15, 0.2) is 0 Å². The third-order valence-corrected chi connectivity index (χ3v) is 5.11. The van der Waals surface area contributed by atoms with Crippen LogP contribution in [0.2, 0.25) is 12.1 Å². The SMILES string of the molecule is C=CC[SiH2]CC(c1ccccc1)c1ccccc1. The molecule has 92 valence electrons. The molecule has 0 aliphatic rings. The quantitative estimate of drug-likeness (QED) is 0.414. The van der Waals surface area contributed by atoms with Crippen LogP contribution in [0.3, 0.4) is 0 Å². The van der Waals surface area contributed by atoms with E-state index < -0.39 is 0 Å². The summed E-state index contributed by atoms with van der Waals surface area (Å²) >= 11 is 0. The highest BCUT2D eigenvalue weighted by Crippen LogP contribution is 2.28. The molecule has 0 N–H and O–H groups in total. The first-order chi connectivity index (χ1) is 8.92. The highest BCUT2D eigenvalue weighted by atomic mass is 28.2. The summed E-state index contributed by atoms with van der Waals surface area (Å²) in [4.78, 5) is 0. The summed E-state index contributed by atoms with van der Waals surface area (Å²) in [6.07, 6.45) is 2.07. The molecule has 18 heavy (non-hydrogen) atoms. The minimum absolute atomic E-state index is 0.0418. The maximum atomic E-state index is 3.84. The Morgan fingerprint density at radius 3 is 1.83 bits per heavy atom. The fraction of sp³-hybridized carbons (Fsp3) is 0.176. The van der Waals surface area contributed by atoms with Gasteiger partial charge in [0, 0.05) is 15.4 Å². The van der Waals surface area contributed by atoms with Crippen molar-refractivity contribution in [3.63, 3.8) is 0 Å². The second-order valence-corrected chi connectivity index (χ2v) is 6.46. The highest BCUT2D eigenvalue weighted by Gasteiger charge is 2.12. The molecule has 0 radical (unpaired) electrons. The van der Waals surface area contributed by atoms with E-state index in [1.165, 1.54) is 23.2 Å². The maximum Gasteiger partial charge on any atom is 0.0249 e. The summed E-state index contributed by atoms with van der Waals surface area (Å²) in [5.74, 6) is 0.569. The molecular formula is C17H20Si. The Kier molecular flexibility index (Phi) is 4.97. The largest absolute Gasteiger partial charge is 0.103 e. The van der Waals surface area contributed by atoms with Crippen LogP contribution >= 0.6 is 0 Å². The molecule has 0 saturated carbocycles. The fourth-order valence-corrected chi connectivity index (χ4v) is 3.96. The lowest BCUT2D eigenvalue weighted by molar-refractivity contribution is 0.912. The van der Waals surface area contributed by atoms with Crippen LogP contribution < -0.4 is 0 Å². The molecule has 0 aliphatic carbocycles. The molecule has 0 saturated heterocycles. The molecule has 2 rings (SSSR count). The summed E-state index contributed by atoms with van der Waals surface area (Å²) in [6, 6.07) is 24.3. The van der Waals surface area contributed by atoms with E-state index in [4.69, 9.17) is 0 Å². The third-order valence-electron chi connectivity index (χ3n) is 3.30. The van der Waals surface area contributed by atoms with E-state index in [2.05, 4.69) is 73.3 Å².